The number of rotatable bonds is 4. The van der Waals surface area contributed by atoms with Gasteiger partial charge in [0.15, 0.2) is 0 Å². The maximum absolute atomic E-state index is 12.4. The monoisotopic (exact) mass is 240 g/mol. The van der Waals surface area contributed by atoms with Crippen LogP contribution in [-0.4, -0.2) is 11.6 Å². The molecular weight excluding hydrogens is 212 g/mol. The Kier molecular flexibility index (Phi) is 3.67. The van der Waals surface area contributed by atoms with E-state index in [1.807, 2.05) is 13.8 Å². The van der Waals surface area contributed by atoms with Gasteiger partial charge in [0.2, 0.25) is 0 Å². The first-order valence-electron chi connectivity index (χ1n) is 6.80. The maximum Gasteiger partial charge on any atom is 0.313 e. The van der Waals surface area contributed by atoms with Gasteiger partial charge in [0.25, 0.3) is 0 Å². The molecule has 1 heterocycles. The van der Waals surface area contributed by atoms with Gasteiger partial charge in [-0.15, -0.1) is 0 Å². The number of hydrogen-bond donors (Lipinski definition) is 0. The van der Waals surface area contributed by atoms with Crippen molar-refractivity contribution < 1.29 is 9.53 Å². The first-order chi connectivity index (χ1) is 7.56. The van der Waals surface area contributed by atoms with Crippen LogP contribution in [0.2, 0.25) is 0 Å². The Balaban J connectivity index is 3.17. The van der Waals surface area contributed by atoms with Gasteiger partial charge in [0, 0.05) is 6.42 Å². The second kappa shape index (κ2) is 4.29. The number of carbonyl (C=O) groups is 1. The van der Waals surface area contributed by atoms with E-state index in [2.05, 4.69) is 34.6 Å². The molecule has 17 heavy (non-hydrogen) atoms. The number of esters is 1. The summed E-state index contributed by atoms with van der Waals surface area (Å²) in [5.74, 6) is 0.533. The molecule has 1 aliphatic heterocycles. The number of carbonyl (C=O) groups excluding carboxylic acids is 1. The number of cyclic esters (lactones) is 1. The summed E-state index contributed by atoms with van der Waals surface area (Å²) in [4.78, 5) is 12.4. The van der Waals surface area contributed by atoms with Crippen LogP contribution in [-0.2, 0) is 9.53 Å². The molecule has 100 valence electrons. The Morgan fingerprint density at radius 2 is 1.88 bits per heavy atom. The van der Waals surface area contributed by atoms with E-state index in [-0.39, 0.29) is 22.4 Å². The summed E-state index contributed by atoms with van der Waals surface area (Å²) in [5.41, 5.74) is -0.611. The lowest BCUT2D eigenvalue weighted by Crippen LogP contribution is -2.42. The quantitative estimate of drug-likeness (QED) is 0.689. The van der Waals surface area contributed by atoms with Crippen molar-refractivity contribution in [2.45, 2.75) is 73.3 Å². The summed E-state index contributed by atoms with van der Waals surface area (Å²) in [6, 6.07) is 0. The molecule has 0 spiro atoms. The van der Waals surface area contributed by atoms with E-state index in [0.29, 0.717) is 5.92 Å². The molecule has 1 saturated heterocycles. The van der Waals surface area contributed by atoms with Gasteiger partial charge in [0.1, 0.15) is 5.60 Å². The molecule has 0 aliphatic carbocycles. The van der Waals surface area contributed by atoms with Crippen LogP contribution >= 0.6 is 0 Å². The second-order valence-electron chi connectivity index (χ2n) is 7.24. The number of hydrogen-bond acceptors (Lipinski definition) is 2. The van der Waals surface area contributed by atoms with Gasteiger partial charge in [-0.25, -0.2) is 0 Å². The highest BCUT2D eigenvalue weighted by Crippen LogP contribution is 2.56. The summed E-state index contributed by atoms with van der Waals surface area (Å²) >= 11 is 0. The third-order valence-electron chi connectivity index (χ3n) is 4.42. The fourth-order valence-corrected chi connectivity index (χ4v) is 3.17. The van der Waals surface area contributed by atoms with Gasteiger partial charge in [-0.3, -0.25) is 4.79 Å². The summed E-state index contributed by atoms with van der Waals surface area (Å²) in [6.45, 7) is 15.0. The third-order valence-corrected chi connectivity index (χ3v) is 4.42. The van der Waals surface area contributed by atoms with Gasteiger partial charge < -0.3 is 4.74 Å². The molecule has 2 heteroatoms. The number of ether oxygens (including phenoxy) is 1. The van der Waals surface area contributed by atoms with E-state index < -0.39 is 0 Å². The van der Waals surface area contributed by atoms with Crippen LogP contribution in [0, 0.1) is 16.7 Å². The van der Waals surface area contributed by atoms with Crippen LogP contribution < -0.4 is 0 Å². The fourth-order valence-electron chi connectivity index (χ4n) is 3.17. The van der Waals surface area contributed by atoms with Gasteiger partial charge in [-0.05, 0) is 38.0 Å². The molecule has 0 aromatic carbocycles. The van der Waals surface area contributed by atoms with Crippen molar-refractivity contribution >= 4 is 5.97 Å². The van der Waals surface area contributed by atoms with E-state index in [1.165, 1.54) is 0 Å². The highest BCUT2D eigenvalue weighted by atomic mass is 16.6. The molecular formula is C15H28O2. The molecule has 2 nitrogen and oxygen atoms in total. The van der Waals surface area contributed by atoms with Crippen LogP contribution in [0.5, 0.6) is 0 Å². The molecule has 0 amide bonds. The molecule has 0 N–H and O–H groups in total. The predicted molar refractivity (Wildman–Crippen MR) is 70.7 cm³/mol. The second-order valence-corrected chi connectivity index (χ2v) is 7.24. The first kappa shape index (κ1) is 14.5. The molecule has 0 aromatic heterocycles. The average Bonchev–Trinajstić information content (AvgIpc) is 2.36. The summed E-state index contributed by atoms with van der Waals surface area (Å²) < 4.78 is 5.61. The summed E-state index contributed by atoms with van der Waals surface area (Å²) in [6.07, 6.45) is 2.78. The largest absolute Gasteiger partial charge is 0.459 e. The minimum Gasteiger partial charge on any atom is -0.459 e. The van der Waals surface area contributed by atoms with E-state index >= 15 is 0 Å². The molecule has 1 rings (SSSR count). The molecule has 1 atom stereocenters. The van der Waals surface area contributed by atoms with E-state index in [1.54, 1.807) is 0 Å². The van der Waals surface area contributed by atoms with Crippen LogP contribution in [0.25, 0.3) is 0 Å². The molecule has 1 aliphatic rings. The van der Waals surface area contributed by atoms with E-state index in [4.69, 9.17) is 4.74 Å². The lowest BCUT2D eigenvalue weighted by Gasteiger charge is -2.42. The Labute approximate surface area is 106 Å². The summed E-state index contributed by atoms with van der Waals surface area (Å²) in [5, 5.41) is 0. The highest BCUT2D eigenvalue weighted by molar-refractivity contribution is 5.80. The van der Waals surface area contributed by atoms with Gasteiger partial charge >= 0.3 is 5.97 Å². The minimum atomic E-state index is -0.307. The lowest BCUT2D eigenvalue weighted by atomic mass is 9.58. The average molecular weight is 240 g/mol. The van der Waals surface area contributed by atoms with Crippen molar-refractivity contribution in [2.24, 2.45) is 16.7 Å². The molecule has 0 saturated carbocycles. The van der Waals surface area contributed by atoms with E-state index in [0.717, 1.165) is 19.3 Å². The van der Waals surface area contributed by atoms with Crippen LogP contribution in [0.4, 0.5) is 0 Å². The third kappa shape index (κ3) is 2.51. The standard InChI is InChI=1S/C15H28O2/c1-8-13(4,5)15(9-11(2)3)10-14(6,7)17-12(15)16/h11H,8-10H2,1-7H3. The van der Waals surface area contributed by atoms with Crippen molar-refractivity contribution in [3.63, 3.8) is 0 Å². The Morgan fingerprint density at radius 1 is 1.35 bits per heavy atom. The molecule has 1 fully saturated rings. The van der Waals surface area contributed by atoms with Crippen molar-refractivity contribution in [1.82, 2.24) is 0 Å². The Bertz CT molecular complexity index is 302. The van der Waals surface area contributed by atoms with Crippen LogP contribution in [0.1, 0.15) is 67.7 Å². The molecule has 0 bridgehead atoms. The zero-order valence-corrected chi connectivity index (χ0v) is 12.5. The van der Waals surface area contributed by atoms with Crippen LogP contribution in [0.15, 0.2) is 0 Å². The van der Waals surface area contributed by atoms with Crippen molar-refractivity contribution in [3.05, 3.63) is 0 Å². The highest BCUT2D eigenvalue weighted by Gasteiger charge is 2.59. The van der Waals surface area contributed by atoms with Gasteiger partial charge in [-0.1, -0.05) is 34.6 Å². The topological polar surface area (TPSA) is 26.3 Å². The van der Waals surface area contributed by atoms with Crippen LogP contribution in [0.3, 0.4) is 0 Å². The van der Waals surface area contributed by atoms with Gasteiger partial charge in [0.05, 0.1) is 5.41 Å². The van der Waals surface area contributed by atoms with Crippen molar-refractivity contribution in [2.75, 3.05) is 0 Å². The lowest BCUT2D eigenvalue weighted by molar-refractivity contribution is -0.158. The molecule has 0 radical (unpaired) electrons. The van der Waals surface area contributed by atoms with E-state index in [9.17, 15) is 4.79 Å². The van der Waals surface area contributed by atoms with Crippen molar-refractivity contribution in [1.29, 1.82) is 0 Å². The zero-order chi connectivity index (χ0) is 13.5. The molecule has 0 aromatic rings. The molecule has 1 unspecified atom stereocenters. The SMILES string of the molecule is CCC(C)(C)C1(CC(C)C)CC(C)(C)OC1=O. The minimum absolute atomic E-state index is 0.00211. The predicted octanol–water partition coefficient (Wildman–Crippen LogP) is 4.18. The first-order valence-corrected chi connectivity index (χ1v) is 6.80. The normalized spacial score (nSPS) is 28.6. The maximum atomic E-state index is 12.4. The Morgan fingerprint density at radius 3 is 2.18 bits per heavy atom. The van der Waals surface area contributed by atoms with Gasteiger partial charge in [-0.2, -0.15) is 0 Å². The Hall–Kier alpha value is -0.530. The van der Waals surface area contributed by atoms with Crippen molar-refractivity contribution in [3.8, 4) is 0 Å². The summed E-state index contributed by atoms with van der Waals surface area (Å²) in [7, 11) is 0. The fraction of sp³-hybridized carbons (Fsp3) is 0.933. The smallest absolute Gasteiger partial charge is 0.313 e. The zero-order valence-electron chi connectivity index (χ0n) is 12.5.